The maximum atomic E-state index is 12.7. The van der Waals surface area contributed by atoms with Gasteiger partial charge in [-0.15, -0.1) is 0 Å². The second-order valence-corrected chi connectivity index (χ2v) is 11.9. The molecule has 3 N–H and O–H groups in total. The van der Waals surface area contributed by atoms with Gasteiger partial charge in [0.25, 0.3) is 0 Å². The van der Waals surface area contributed by atoms with E-state index in [-0.39, 0.29) is 17.7 Å². The zero-order chi connectivity index (χ0) is 29.6. The lowest BCUT2D eigenvalue weighted by Crippen LogP contribution is -2.49. The lowest BCUT2D eigenvalue weighted by molar-refractivity contribution is -0.131. The third-order valence-electron chi connectivity index (χ3n) is 7.05. The van der Waals surface area contributed by atoms with Gasteiger partial charge in [0.05, 0.1) is 6.61 Å². The first-order valence-corrected chi connectivity index (χ1v) is 15.2. The molecule has 0 spiro atoms. The number of carbonyl (C=O) groups is 2. The minimum Gasteiger partial charge on any atom is -0.487 e. The summed E-state index contributed by atoms with van der Waals surface area (Å²) in [5.74, 6) is 2.77. The Labute approximate surface area is 250 Å². The Balaban J connectivity index is 1.38. The van der Waals surface area contributed by atoms with Crippen molar-refractivity contribution >= 4 is 46.7 Å². The topological polar surface area (TPSA) is 132 Å². The molecule has 42 heavy (non-hydrogen) atoms. The van der Waals surface area contributed by atoms with Gasteiger partial charge in [-0.05, 0) is 76.8 Å². The number of rotatable bonds is 12. The second-order valence-electron chi connectivity index (χ2n) is 10.8. The molecule has 2 aliphatic rings. The van der Waals surface area contributed by atoms with Crippen molar-refractivity contribution in [3.63, 3.8) is 0 Å². The Morgan fingerprint density at radius 2 is 1.86 bits per heavy atom. The molecule has 1 aliphatic heterocycles. The van der Waals surface area contributed by atoms with Gasteiger partial charge < -0.3 is 30.1 Å². The van der Waals surface area contributed by atoms with Crippen LogP contribution in [0.25, 0.3) is 0 Å². The summed E-state index contributed by atoms with van der Waals surface area (Å²) in [7, 11) is 3.95. The van der Waals surface area contributed by atoms with Gasteiger partial charge in [-0.3, -0.25) is 14.7 Å². The summed E-state index contributed by atoms with van der Waals surface area (Å²) in [5, 5.41) is 14.1. The van der Waals surface area contributed by atoms with E-state index in [1.807, 2.05) is 68.1 Å². The van der Waals surface area contributed by atoms with Gasteiger partial charge in [-0.2, -0.15) is 5.10 Å². The molecule has 3 aromatic rings. The lowest BCUT2D eigenvalue weighted by atomic mass is 10.2. The molecule has 1 aliphatic carbocycles. The highest BCUT2D eigenvalue weighted by atomic mass is 32.2. The number of nitrogens with one attached hydrogen (secondary N) is 3. The fourth-order valence-corrected chi connectivity index (χ4v) is 5.34. The monoisotopic (exact) mass is 593 g/mol. The summed E-state index contributed by atoms with van der Waals surface area (Å²) < 4.78 is 6.12. The first-order valence-electron chi connectivity index (χ1n) is 14.4. The average Bonchev–Trinajstić information content (AvgIpc) is 3.76. The van der Waals surface area contributed by atoms with Crippen LogP contribution in [-0.4, -0.2) is 95.2 Å². The number of aryl methyl sites for hydroxylation is 1. The van der Waals surface area contributed by atoms with Gasteiger partial charge in [0, 0.05) is 67.4 Å². The van der Waals surface area contributed by atoms with E-state index in [1.54, 1.807) is 0 Å². The van der Waals surface area contributed by atoms with Crippen molar-refractivity contribution in [1.82, 2.24) is 30.0 Å². The number of hydrogen-bond donors (Lipinski definition) is 3. The number of carbonyl (C=O) groups excluding carboxylic acids is 2. The van der Waals surface area contributed by atoms with Gasteiger partial charge >= 0.3 is 0 Å². The number of ether oxygens (including phenoxy) is 1. The summed E-state index contributed by atoms with van der Waals surface area (Å²) in [6, 6.07) is 9.60. The average molecular weight is 594 g/mol. The number of benzene rings is 1. The van der Waals surface area contributed by atoms with Crippen LogP contribution in [0.1, 0.15) is 31.9 Å². The molecule has 224 valence electrons. The Morgan fingerprint density at radius 1 is 1.12 bits per heavy atom. The van der Waals surface area contributed by atoms with Crippen LogP contribution >= 0.6 is 11.8 Å². The molecule has 12 nitrogen and oxygen atoms in total. The van der Waals surface area contributed by atoms with Crippen LogP contribution < -0.4 is 20.3 Å². The van der Waals surface area contributed by atoms with Crippen molar-refractivity contribution in [3.8, 4) is 5.75 Å². The van der Waals surface area contributed by atoms with E-state index in [9.17, 15) is 9.59 Å². The Morgan fingerprint density at radius 3 is 2.48 bits per heavy atom. The van der Waals surface area contributed by atoms with Crippen molar-refractivity contribution in [2.24, 2.45) is 5.92 Å². The van der Waals surface area contributed by atoms with Crippen LogP contribution in [0.4, 0.5) is 23.1 Å². The summed E-state index contributed by atoms with van der Waals surface area (Å²) in [5.41, 5.74) is 1.70. The van der Waals surface area contributed by atoms with Crippen molar-refractivity contribution in [1.29, 1.82) is 0 Å². The molecule has 5 rings (SSSR count). The number of H-pyrrole nitrogens is 1. The minimum atomic E-state index is 0.0821. The molecular weight excluding hydrogens is 554 g/mol. The van der Waals surface area contributed by atoms with Crippen molar-refractivity contribution < 1.29 is 14.3 Å². The quantitative estimate of drug-likeness (QED) is 0.267. The highest BCUT2D eigenvalue weighted by Gasteiger charge is 2.30. The highest BCUT2D eigenvalue weighted by molar-refractivity contribution is 7.99. The maximum absolute atomic E-state index is 12.7. The summed E-state index contributed by atoms with van der Waals surface area (Å²) in [6.07, 6.45) is 2.44. The number of aromatic nitrogens is 4. The number of anilines is 4. The summed E-state index contributed by atoms with van der Waals surface area (Å²) in [4.78, 5) is 41.7. The number of piperazine rings is 1. The molecule has 1 saturated heterocycles. The van der Waals surface area contributed by atoms with Gasteiger partial charge in [0.15, 0.2) is 22.6 Å². The molecule has 2 amide bonds. The number of aromatic amines is 1. The number of hydrogen-bond acceptors (Lipinski definition) is 10. The molecule has 3 heterocycles. The molecule has 2 aromatic heterocycles. The third-order valence-corrected chi connectivity index (χ3v) is 7.93. The predicted molar refractivity (Wildman–Crippen MR) is 164 cm³/mol. The molecule has 1 aromatic carbocycles. The summed E-state index contributed by atoms with van der Waals surface area (Å²) >= 11 is 1.43. The van der Waals surface area contributed by atoms with E-state index >= 15 is 0 Å². The van der Waals surface area contributed by atoms with E-state index in [2.05, 4.69) is 25.7 Å². The molecule has 1 saturated carbocycles. The fourth-order valence-electron chi connectivity index (χ4n) is 4.59. The molecule has 0 radical (unpaired) electrons. The van der Waals surface area contributed by atoms with Gasteiger partial charge in [0.1, 0.15) is 0 Å². The molecular formula is C29H39N9O3S. The standard InChI is InChI=1S/C29H39N9O3S/c1-5-41-25-26(31-23-18-19(2)34-35-23)32-29(42-22-10-8-21(9-11-22)30-28(40)20-6-7-20)33-27(25)38-16-14-37(15-17-38)24(39)12-13-36(3)4/h8-11,18,20H,5-7,12-17H2,1-4H3,(H,30,40)(H2,31,32,33,34,35). The summed E-state index contributed by atoms with van der Waals surface area (Å²) in [6.45, 7) is 7.52. The fraction of sp³-hybridized carbons (Fsp3) is 0.483. The predicted octanol–water partition coefficient (Wildman–Crippen LogP) is 3.75. The van der Waals surface area contributed by atoms with Crippen LogP contribution in [0.2, 0.25) is 0 Å². The zero-order valence-corrected chi connectivity index (χ0v) is 25.5. The number of nitrogens with zero attached hydrogens (tertiary/aromatic N) is 6. The molecule has 0 unspecified atom stereocenters. The van der Waals surface area contributed by atoms with Crippen molar-refractivity contribution in [3.05, 3.63) is 36.0 Å². The molecule has 0 bridgehead atoms. The van der Waals surface area contributed by atoms with Crippen LogP contribution in [0.5, 0.6) is 5.75 Å². The SMILES string of the molecule is CCOc1c(Nc2cc(C)[nH]n2)nc(Sc2ccc(NC(=O)C3CC3)cc2)nc1N1CCN(C(=O)CCN(C)C)CC1. The normalized spacial score (nSPS) is 15.2. The van der Waals surface area contributed by atoms with Crippen molar-refractivity contribution in [2.45, 2.75) is 43.2 Å². The third kappa shape index (κ3) is 7.71. The van der Waals surface area contributed by atoms with E-state index in [0.29, 0.717) is 67.6 Å². The van der Waals surface area contributed by atoms with E-state index in [0.717, 1.165) is 35.7 Å². The maximum Gasteiger partial charge on any atom is 0.227 e. The first kappa shape index (κ1) is 29.6. The van der Waals surface area contributed by atoms with E-state index in [1.165, 1.54) is 11.8 Å². The van der Waals surface area contributed by atoms with Crippen molar-refractivity contribution in [2.75, 3.05) is 69.0 Å². The van der Waals surface area contributed by atoms with Gasteiger partial charge in [-0.1, -0.05) is 0 Å². The van der Waals surface area contributed by atoms with E-state index in [4.69, 9.17) is 14.7 Å². The highest BCUT2D eigenvalue weighted by Crippen LogP contribution is 2.39. The number of amides is 2. The Bertz CT molecular complexity index is 1380. The van der Waals surface area contributed by atoms with Crippen LogP contribution in [0.3, 0.4) is 0 Å². The van der Waals surface area contributed by atoms with Crippen LogP contribution in [-0.2, 0) is 9.59 Å². The van der Waals surface area contributed by atoms with E-state index < -0.39 is 0 Å². The Kier molecular flexibility index (Phi) is 9.48. The smallest absolute Gasteiger partial charge is 0.227 e. The van der Waals surface area contributed by atoms with Gasteiger partial charge in [0.2, 0.25) is 17.6 Å². The minimum absolute atomic E-state index is 0.0821. The second kappa shape index (κ2) is 13.4. The van der Waals surface area contributed by atoms with Crippen LogP contribution in [0.15, 0.2) is 40.4 Å². The largest absolute Gasteiger partial charge is 0.487 e. The zero-order valence-electron chi connectivity index (χ0n) is 24.6. The molecule has 13 heteroatoms. The lowest BCUT2D eigenvalue weighted by Gasteiger charge is -2.36. The van der Waals surface area contributed by atoms with Gasteiger partial charge in [-0.25, -0.2) is 9.97 Å². The first-order chi connectivity index (χ1) is 20.3. The Hall–Kier alpha value is -3.84. The molecule has 0 atom stereocenters. The van der Waals surface area contributed by atoms with Crippen LogP contribution in [0, 0.1) is 12.8 Å². The molecule has 2 fully saturated rings.